The maximum absolute atomic E-state index is 12.3. The highest BCUT2D eigenvalue weighted by molar-refractivity contribution is 9.10. The molecule has 2 fully saturated rings. The molecule has 1 saturated carbocycles. The fourth-order valence-corrected chi connectivity index (χ4v) is 3.48. The van der Waals surface area contributed by atoms with Crippen LogP contribution >= 0.6 is 15.9 Å². The van der Waals surface area contributed by atoms with Gasteiger partial charge in [-0.2, -0.15) is 0 Å². The van der Waals surface area contributed by atoms with Crippen LogP contribution in [-0.2, 0) is 9.59 Å². The predicted molar refractivity (Wildman–Crippen MR) is 72.2 cm³/mol. The Morgan fingerprint density at radius 3 is 2.39 bits per heavy atom. The predicted octanol–water partition coefficient (Wildman–Crippen LogP) is 3.05. The molecule has 0 aromatic heterocycles. The number of hydrogen-bond acceptors (Lipinski definition) is 2. The molecule has 2 amide bonds. The quantitative estimate of drug-likeness (QED) is 0.748. The number of anilines is 1. The van der Waals surface area contributed by atoms with Gasteiger partial charge in [-0.3, -0.25) is 9.59 Å². The van der Waals surface area contributed by atoms with Crippen LogP contribution in [0.5, 0.6) is 0 Å². The molecule has 2 aliphatic rings. The molecule has 4 heteroatoms. The molecule has 0 N–H and O–H groups in total. The summed E-state index contributed by atoms with van der Waals surface area (Å²) in [5.41, 5.74) is 1.73. The van der Waals surface area contributed by atoms with E-state index in [1.54, 1.807) is 0 Å². The topological polar surface area (TPSA) is 37.4 Å². The number of carbonyl (C=O) groups is 2. The van der Waals surface area contributed by atoms with E-state index >= 15 is 0 Å². The van der Waals surface area contributed by atoms with Gasteiger partial charge in [0, 0.05) is 4.47 Å². The average molecular weight is 308 g/mol. The van der Waals surface area contributed by atoms with Gasteiger partial charge >= 0.3 is 0 Å². The van der Waals surface area contributed by atoms with E-state index < -0.39 is 0 Å². The average Bonchev–Trinajstić information content (AvgIpc) is 2.90. The highest BCUT2D eigenvalue weighted by atomic mass is 79.9. The molecule has 0 spiro atoms. The molecule has 18 heavy (non-hydrogen) atoms. The molecule has 1 saturated heterocycles. The number of amides is 2. The number of fused-ring (bicyclic) bond motifs is 1. The lowest BCUT2D eigenvalue weighted by molar-refractivity contribution is -0.122. The first-order valence-electron chi connectivity index (χ1n) is 6.24. The highest BCUT2D eigenvalue weighted by Crippen LogP contribution is 2.43. The van der Waals surface area contributed by atoms with Crippen LogP contribution in [-0.4, -0.2) is 11.8 Å². The molecule has 0 bridgehead atoms. The zero-order valence-electron chi connectivity index (χ0n) is 10.1. The van der Waals surface area contributed by atoms with Crippen LogP contribution in [0, 0.1) is 18.8 Å². The molecular formula is C14H14BrNO2. The first-order chi connectivity index (χ1) is 8.61. The van der Waals surface area contributed by atoms with Gasteiger partial charge in [-0.05, 0) is 47.3 Å². The van der Waals surface area contributed by atoms with Gasteiger partial charge in [0.05, 0.1) is 17.5 Å². The Morgan fingerprint density at radius 1 is 1.17 bits per heavy atom. The second-order valence-corrected chi connectivity index (χ2v) is 5.86. The van der Waals surface area contributed by atoms with Crippen LogP contribution < -0.4 is 4.90 Å². The molecule has 1 aliphatic carbocycles. The lowest BCUT2D eigenvalue weighted by Crippen LogP contribution is -2.32. The van der Waals surface area contributed by atoms with Gasteiger partial charge in [-0.25, -0.2) is 4.90 Å². The summed E-state index contributed by atoms with van der Waals surface area (Å²) in [5.74, 6) is -0.197. The number of nitrogens with zero attached hydrogens (tertiary/aromatic N) is 1. The minimum absolute atomic E-state index is 0.0196. The number of rotatable bonds is 1. The Hall–Kier alpha value is -1.16. The third-order valence-electron chi connectivity index (χ3n) is 4.00. The Bertz CT molecular complexity index is 519. The fraction of sp³-hybridized carbons (Fsp3) is 0.429. The van der Waals surface area contributed by atoms with E-state index in [-0.39, 0.29) is 23.7 Å². The van der Waals surface area contributed by atoms with E-state index in [4.69, 9.17) is 0 Å². The van der Waals surface area contributed by atoms with Gasteiger partial charge in [0.2, 0.25) is 11.8 Å². The van der Waals surface area contributed by atoms with E-state index in [0.29, 0.717) is 5.69 Å². The van der Waals surface area contributed by atoms with E-state index in [0.717, 1.165) is 29.3 Å². The van der Waals surface area contributed by atoms with Crippen molar-refractivity contribution >= 4 is 33.4 Å². The third-order valence-corrected chi connectivity index (χ3v) is 5.04. The van der Waals surface area contributed by atoms with Crippen LogP contribution in [0.2, 0.25) is 0 Å². The van der Waals surface area contributed by atoms with Crippen molar-refractivity contribution < 1.29 is 9.59 Å². The van der Waals surface area contributed by atoms with Gasteiger partial charge in [-0.15, -0.1) is 0 Å². The first-order valence-corrected chi connectivity index (χ1v) is 7.03. The van der Waals surface area contributed by atoms with E-state index in [1.807, 2.05) is 25.1 Å². The number of benzene rings is 1. The summed E-state index contributed by atoms with van der Waals surface area (Å²) in [6.45, 7) is 1.96. The highest BCUT2D eigenvalue weighted by Gasteiger charge is 2.50. The van der Waals surface area contributed by atoms with Crippen molar-refractivity contribution in [1.29, 1.82) is 0 Å². The largest absolute Gasteiger partial charge is 0.274 e. The molecule has 1 heterocycles. The molecule has 1 aliphatic heterocycles. The van der Waals surface area contributed by atoms with Gasteiger partial charge in [0.15, 0.2) is 0 Å². The Balaban J connectivity index is 2.05. The molecule has 2 unspecified atom stereocenters. The van der Waals surface area contributed by atoms with Crippen molar-refractivity contribution in [2.24, 2.45) is 11.8 Å². The lowest BCUT2D eigenvalue weighted by Gasteiger charge is -2.18. The van der Waals surface area contributed by atoms with Gasteiger partial charge in [-0.1, -0.05) is 18.6 Å². The monoisotopic (exact) mass is 307 g/mol. The van der Waals surface area contributed by atoms with E-state index in [2.05, 4.69) is 15.9 Å². The maximum Gasteiger partial charge on any atom is 0.237 e. The van der Waals surface area contributed by atoms with Gasteiger partial charge < -0.3 is 0 Å². The fourth-order valence-electron chi connectivity index (χ4n) is 3.03. The second kappa shape index (κ2) is 4.19. The zero-order valence-corrected chi connectivity index (χ0v) is 11.7. The summed E-state index contributed by atoms with van der Waals surface area (Å²) >= 11 is 3.48. The van der Waals surface area contributed by atoms with Crippen molar-refractivity contribution in [3.63, 3.8) is 0 Å². The van der Waals surface area contributed by atoms with Crippen LogP contribution in [0.1, 0.15) is 24.8 Å². The number of hydrogen-bond donors (Lipinski definition) is 0. The van der Waals surface area contributed by atoms with E-state index in [9.17, 15) is 9.59 Å². The third kappa shape index (κ3) is 1.55. The van der Waals surface area contributed by atoms with Crippen molar-refractivity contribution in [2.45, 2.75) is 26.2 Å². The number of imide groups is 1. The zero-order chi connectivity index (χ0) is 12.9. The summed E-state index contributed by atoms with van der Waals surface area (Å²) in [4.78, 5) is 26.1. The second-order valence-electron chi connectivity index (χ2n) is 5.06. The van der Waals surface area contributed by atoms with Crippen LogP contribution in [0.25, 0.3) is 0 Å². The number of carbonyl (C=O) groups excluding carboxylic acids is 2. The molecule has 0 radical (unpaired) electrons. The van der Waals surface area contributed by atoms with Crippen LogP contribution in [0.4, 0.5) is 5.69 Å². The Morgan fingerprint density at radius 2 is 1.78 bits per heavy atom. The molecule has 1 aromatic carbocycles. The summed E-state index contributed by atoms with van der Waals surface area (Å²) in [6, 6.07) is 5.66. The minimum atomic E-state index is -0.0788. The van der Waals surface area contributed by atoms with Crippen molar-refractivity contribution in [1.82, 2.24) is 0 Å². The molecule has 94 valence electrons. The summed E-state index contributed by atoms with van der Waals surface area (Å²) in [5, 5.41) is 0. The van der Waals surface area contributed by atoms with E-state index in [1.165, 1.54) is 4.90 Å². The molecular weight excluding hydrogens is 294 g/mol. The van der Waals surface area contributed by atoms with Crippen molar-refractivity contribution in [3.05, 3.63) is 28.2 Å². The van der Waals surface area contributed by atoms with Gasteiger partial charge in [0.1, 0.15) is 0 Å². The summed E-state index contributed by atoms with van der Waals surface area (Å²) in [7, 11) is 0. The number of halogens is 1. The van der Waals surface area contributed by atoms with Crippen LogP contribution in [0.15, 0.2) is 22.7 Å². The minimum Gasteiger partial charge on any atom is -0.274 e. The van der Waals surface area contributed by atoms with Gasteiger partial charge in [0.25, 0.3) is 0 Å². The Labute approximate surface area is 114 Å². The smallest absolute Gasteiger partial charge is 0.237 e. The SMILES string of the molecule is Cc1cccc(N2C(=O)C3CCCC3C2=O)c1Br. The summed E-state index contributed by atoms with van der Waals surface area (Å²) < 4.78 is 0.840. The number of aryl methyl sites for hydroxylation is 1. The van der Waals surface area contributed by atoms with Crippen LogP contribution in [0.3, 0.4) is 0 Å². The molecule has 2 atom stereocenters. The normalized spacial score (nSPS) is 26.9. The Kier molecular flexibility index (Phi) is 2.77. The summed E-state index contributed by atoms with van der Waals surface area (Å²) in [6.07, 6.45) is 2.71. The first kappa shape index (κ1) is 11.9. The molecule has 1 aromatic rings. The van der Waals surface area contributed by atoms with Crippen molar-refractivity contribution in [3.8, 4) is 0 Å². The van der Waals surface area contributed by atoms with Crippen molar-refractivity contribution in [2.75, 3.05) is 4.90 Å². The lowest BCUT2D eigenvalue weighted by atomic mass is 10.00. The molecule has 3 nitrogen and oxygen atoms in total. The maximum atomic E-state index is 12.3. The molecule has 3 rings (SSSR count). The standard InChI is InChI=1S/C14H14BrNO2/c1-8-4-2-7-11(12(8)15)16-13(17)9-5-3-6-10(9)14(16)18/h2,4,7,9-10H,3,5-6H2,1H3.